The molecule has 2 fully saturated rings. The van der Waals surface area contributed by atoms with Crippen molar-refractivity contribution in [1.29, 1.82) is 0 Å². The van der Waals surface area contributed by atoms with E-state index in [4.69, 9.17) is 5.73 Å². The lowest BCUT2D eigenvalue weighted by molar-refractivity contribution is -0.123. The Labute approximate surface area is 95.6 Å². The number of nitrogens with one attached hydrogen (secondary N) is 1. The second-order valence-corrected chi connectivity index (χ2v) is 6.07. The molecular weight excluding hydrogens is 208 g/mol. The topological polar surface area (TPSA) is 55.1 Å². The van der Waals surface area contributed by atoms with Crippen LogP contribution in [-0.2, 0) is 4.79 Å². The van der Waals surface area contributed by atoms with Crippen molar-refractivity contribution in [1.82, 2.24) is 5.32 Å². The highest BCUT2D eigenvalue weighted by Crippen LogP contribution is 2.32. The number of amides is 1. The van der Waals surface area contributed by atoms with Gasteiger partial charge in [-0.05, 0) is 43.6 Å². The van der Waals surface area contributed by atoms with Crippen molar-refractivity contribution in [3.8, 4) is 0 Å². The Morgan fingerprint density at radius 2 is 2.07 bits per heavy atom. The summed E-state index contributed by atoms with van der Waals surface area (Å²) in [5.41, 5.74) is 5.87. The molecule has 0 aromatic heterocycles. The lowest BCUT2D eigenvalue weighted by Crippen LogP contribution is -2.51. The van der Waals surface area contributed by atoms with E-state index in [-0.39, 0.29) is 11.4 Å². The molecule has 1 aliphatic carbocycles. The van der Waals surface area contributed by atoms with Gasteiger partial charge in [-0.15, -0.1) is 0 Å². The molecule has 3 N–H and O–H groups in total. The Balaban J connectivity index is 1.71. The molecule has 1 amide bonds. The van der Waals surface area contributed by atoms with Crippen LogP contribution >= 0.6 is 11.8 Å². The van der Waals surface area contributed by atoms with Gasteiger partial charge in [-0.2, -0.15) is 11.8 Å². The van der Waals surface area contributed by atoms with Crippen LogP contribution in [0, 0.1) is 0 Å². The molecule has 0 aromatic carbocycles. The van der Waals surface area contributed by atoms with Crippen molar-refractivity contribution in [3.63, 3.8) is 0 Å². The summed E-state index contributed by atoms with van der Waals surface area (Å²) in [6.45, 7) is 0. The number of carbonyl (C=O) groups is 1. The Bertz CT molecular complexity index is 235. The van der Waals surface area contributed by atoms with Crippen molar-refractivity contribution in [2.45, 2.75) is 50.1 Å². The van der Waals surface area contributed by atoms with Gasteiger partial charge in [0.2, 0.25) is 5.91 Å². The molecule has 1 aliphatic heterocycles. The van der Waals surface area contributed by atoms with Gasteiger partial charge in [0, 0.05) is 18.0 Å². The first-order valence-corrected chi connectivity index (χ1v) is 6.99. The van der Waals surface area contributed by atoms with E-state index in [9.17, 15) is 4.79 Å². The van der Waals surface area contributed by atoms with Crippen LogP contribution in [0.15, 0.2) is 0 Å². The summed E-state index contributed by atoms with van der Waals surface area (Å²) in [6.07, 6.45) is 5.98. The maximum Gasteiger partial charge on any atom is 0.222 e. The van der Waals surface area contributed by atoms with Crippen molar-refractivity contribution >= 4 is 17.7 Å². The Morgan fingerprint density at radius 3 is 2.60 bits per heavy atom. The standard InChI is InChI=1S/C11H20N2OS/c12-11(4-1-5-11)8-10(14)13-9-2-6-15-7-3-9/h9H,1-8,12H2,(H,13,14). The maximum atomic E-state index is 11.7. The number of carbonyl (C=O) groups excluding carboxylic acids is 1. The highest BCUT2D eigenvalue weighted by atomic mass is 32.2. The summed E-state index contributed by atoms with van der Waals surface area (Å²) in [4.78, 5) is 11.7. The molecule has 0 bridgehead atoms. The number of hydrogen-bond acceptors (Lipinski definition) is 3. The summed E-state index contributed by atoms with van der Waals surface area (Å²) in [7, 11) is 0. The normalized spacial score (nSPS) is 25.7. The van der Waals surface area contributed by atoms with Gasteiger partial charge in [0.25, 0.3) is 0 Å². The predicted molar refractivity (Wildman–Crippen MR) is 63.9 cm³/mol. The third kappa shape index (κ3) is 3.11. The summed E-state index contributed by atoms with van der Waals surface area (Å²) < 4.78 is 0. The van der Waals surface area contributed by atoms with Gasteiger partial charge in [-0.3, -0.25) is 4.79 Å². The molecule has 1 heterocycles. The fraction of sp³-hybridized carbons (Fsp3) is 0.909. The molecule has 0 spiro atoms. The van der Waals surface area contributed by atoms with E-state index in [1.165, 1.54) is 17.9 Å². The average Bonchev–Trinajstić information content (AvgIpc) is 2.16. The smallest absolute Gasteiger partial charge is 0.222 e. The Hall–Kier alpha value is -0.220. The van der Waals surface area contributed by atoms with E-state index in [1.54, 1.807) is 0 Å². The molecule has 0 atom stereocenters. The molecule has 2 rings (SSSR count). The molecule has 2 aliphatic rings. The van der Waals surface area contributed by atoms with Gasteiger partial charge in [-0.1, -0.05) is 0 Å². The quantitative estimate of drug-likeness (QED) is 0.765. The van der Waals surface area contributed by atoms with Gasteiger partial charge in [0.1, 0.15) is 0 Å². The summed E-state index contributed by atoms with van der Waals surface area (Å²) in [6, 6.07) is 0.405. The van der Waals surface area contributed by atoms with E-state index < -0.39 is 0 Å². The van der Waals surface area contributed by atoms with E-state index in [0.29, 0.717) is 12.5 Å². The van der Waals surface area contributed by atoms with E-state index in [0.717, 1.165) is 25.7 Å². The van der Waals surface area contributed by atoms with Gasteiger partial charge in [0.15, 0.2) is 0 Å². The monoisotopic (exact) mass is 228 g/mol. The fourth-order valence-corrected chi connectivity index (χ4v) is 3.35. The van der Waals surface area contributed by atoms with Crippen LogP contribution in [0.5, 0.6) is 0 Å². The van der Waals surface area contributed by atoms with Gasteiger partial charge in [-0.25, -0.2) is 0 Å². The first kappa shape index (κ1) is 11.3. The third-order valence-electron chi connectivity index (χ3n) is 3.45. The van der Waals surface area contributed by atoms with Crippen molar-refractivity contribution in [2.24, 2.45) is 5.73 Å². The highest BCUT2D eigenvalue weighted by molar-refractivity contribution is 7.99. The maximum absolute atomic E-state index is 11.7. The van der Waals surface area contributed by atoms with E-state index >= 15 is 0 Å². The highest BCUT2D eigenvalue weighted by Gasteiger charge is 2.35. The zero-order chi connectivity index (χ0) is 10.7. The van der Waals surface area contributed by atoms with Crippen LogP contribution in [0.4, 0.5) is 0 Å². The molecule has 0 aromatic rings. The number of hydrogen-bond donors (Lipinski definition) is 2. The second kappa shape index (κ2) is 4.74. The van der Waals surface area contributed by atoms with Crippen LogP contribution in [0.25, 0.3) is 0 Å². The van der Waals surface area contributed by atoms with Crippen LogP contribution in [0.3, 0.4) is 0 Å². The Kier molecular flexibility index (Phi) is 3.57. The van der Waals surface area contributed by atoms with Crippen molar-refractivity contribution in [2.75, 3.05) is 11.5 Å². The van der Waals surface area contributed by atoms with Gasteiger partial charge in [0.05, 0.1) is 0 Å². The molecule has 1 saturated heterocycles. The number of nitrogens with two attached hydrogens (primary N) is 1. The number of rotatable bonds is 3. The first-order chi connectivity index (χ1) is 7.18. The fourth-order valence-electron chi connectivity index (χ4n) is 2.25. The Morgan fingerprint density at radius 1 is 1.40 bits per heavy atom. The predicted octanol–water partition coefficient (Wildman–Crippen LogP) is 1.27. The molecular formula is C11H20N2OS. The summed E-state index contributed by atoms with van der Waals surface area (Å²) in [5.74, 6) is 2.52. The van der Waals surface area contributed by atoms with E-state index in [2.05, 4.69) is 5.32 Å². The largest absolute Gasteiger partial charge is 0.353 e. The molecule has 3 nitrogen and oxygen atoms in total. The second-order valence-electron chi connectivity index (χ2n) is 4.85. The van der Waals surface area contributed by atoms with Crippen LogP contribution in [0.1, 0.15) is 38.5 Å². The van der Waals surface area contributed by atoms with E-state index in [1.807, 2.05) is 11.8 Å². The molecule has 1 saturated carbocycles. The summed E-state index contributed by atoms with van der Waals surface area (Å²) >= 11 is 1.98. The zero-order valence-corrected chi connectivity index (χ0v) is 9.94. The summed E-state index contributed by atoms with van der Waals surface area (Å²) in [5, 5.41) is 3.11. The molecule has 0 unspecified atom stereocenters. The average molecular weight is 228 g/mol. The van der Waals surface area contributed by atoms with Crippen molar-refractivity contribution < 1.29 is 4.79 Å². The minimum absolute atomic E-state index is 0.161. The minimum atomic E-state index is -0.173. The van der Waals surface area contributed by atoms with Crippen LogP contribution < -0.4 is 11.1 Å². The lowest BCUT2D eigenvalue weighted by Gasteiger charge is -2.38. The lowest BCUT2D eigenvalue weighted by atomic mass is 9.75. The van der Waals surface area contributed by atoms with Crippen LogP contribution in [0.2, 0.25) is 0 Å². The van der Waals surface area contributed by atoms with Crippen LogP contribution in [-0.4, -0.2) is 29.0 Å². The zero-order valence-electron chi connectivity index (χ0n) is 9.13. The van der Waals surface area contributed by atoms with Crippen molar-refractivity contribution in [3.05, 3.63) is 0 Å². The van der Waals surface area contributed by atoms with Gasteiger partial charge < -0.3 is 11.1 Å². The molecule has 15 heavy (non-hydrogen) atoms. The molecule has 86 valence electrons. The molecule has 4 heteroatoms. The first-order valence-electron chi connectivity index (χ1n) is 5.84. The third-order valence-corrected chi connectivity index (χ3v) is 4.50. The number of thioether (sulfide) groups is 1. The minimum Gasteiger partial charge on any atom is -0.353 e. The molecule has 0 radical (unpaired) electrons. The SMILES string of the molecule is NC1(CC(=O)NC2CCSCC2)CCC1. The van der Waals surface area contributed by atoms with Gasteiger partial charge >= 0.3 is 0 Å².